The SMILES string of the molecule is COc1ccc(COC(=O)C[N+](=O)[O-])cc1OC. The van der Waals surface area contributed by atoms with Gasteiger partial charge in [-0.1, -0.05) is 6.07 Å². The minimum Gasteiger partial charge on any atom is -0.493 e. The van der Waals surface area contributed by atoms with Gasteiger partial charge in [-0.05, 0) is 17.7 Å². The van der Waals surface area contributed by atoms with Gasteiger partial charge in [-0.3, -0.25) is 10.1 Å². The third-order valence-corrected chi connectivity index (χ3v) is 2.11. The molecule has 0 saturated heterocycles. The third kappa shape index (κ3) is 3.93. The van der Waals surface area contributed by atoms with Crippen LogP contribution in [-0.4, -0.2) is 31.7 Å². The monoisotopic (exact) mass is 255 g/mol. The highest BCUT2D eigenvalue weighted by atomic mass is 16.6. The van der Waals surface area contributed by atoms with Gasteiger partial charge in [0.1, 0.15) is 6.61 Å². The fourth-order valence-electron chi connectivity index (χ4n) is 1.29. The Morgan fingerprint density at radius 2 is 1.94 bits per heavy atom. The van der Waals surface area contributed by atoms with Crippen LogP contribution in [0.4, 0.5) is 0 Å². The molecule has 7 nitrogen and oxygen atoms in total. The van der Waals surface area contributed by atoms with E-state index in [9.17, 15) is 14.9 Å². The van der Waals surface area contributed by atoms with Crippen LogP contribution in [0.1, 0.15) is 5.56 Å². The van der Waals surface area contributed by atoms with E-state index in [1.54, 1.807) is 18.2 Å². The predicted molar refractivity (Wildman–Crippen MR) is 61.2 cm³/mol. The highest BCUT2D eigenvalue weighted by Gasteiger charge is 2.11. The first-order valence-electron chi connectivity index (χ1n) is 5.05. The minimum atomic E-state index is -0.880. The number of benzene rings is 1. The smallest absolute Gasteiger partial charge is 0.378 e. The molecule has 0 saturated carbocycles. The van der Waals surface area contributed by atoms with Crippen LogP contribution in [0.15, 0.2) is 18.2 Å². The Morgan fingerprint density at radius 1 is 1.28 bits per heavy atom. The zero-order valence-corrected chi connectivity index (χ0v) is 10.0. The van der Waals surface area contributed by atoms with Crippen molar-refractivity contribution in [2.24, 2.45) is 0 Å². The van der Waals surface area contributed by atoms with Crippen LogP contribution >= 0.6 is 0 Å². The van der Waals surface area contributed by atoms with Gasteiger partial charge in [0.25, 0.3) is 6.54 Å². The molecule has 98 valence electrons. The van der Waals surface area contributed by atoms with E-state index >= 15 is 0 Å². The molecule has 0 aliphatic heterocycles. The second-order valence-corrected chi connectivity index (χ2v) is 3.34. The topological polar surface area (TPSA) is 87.9 Å². The maximum Gasteiger partial charge on any atom is 0.378 e. The Balaban J connectivity index is 2.63. The first kappa shape index (κ1) is 13.8. The first-order chi connectivity index (χ1) is 8.56. The van der Waals surface area contributed by atoms with Crippen molar-refractivity contribution in [3.63, 3.8) is 0 Å². The van der Waals surface area contributed by atoms with Gasteiger partial charge < -0.3 is 14.2 Å². The van der Waals surface area contributed by atoms with Gasteiger partial charge in [-0.15, -0.1) is 0 Å². The van der Waals surface area contributed by atoms with Crippen molar-refractivity contribution < 1.29 is 23.9 Å². The molecule has 0 unspecified atom stereocenters. The van der Waals surface area contributed by atoms with Crippen LogP contribution in [0.25, 0.3) is 0 Å². The summed E-state index contributed by atoms with van der Waals surface area (Å²) in [6, 6.07) is 4.98. The van der Waals surface area contributed by atoms with Crippen molar-refractivity contribution >= 4 is 5.97 Å². The summed E-state index contributed by atoms with van der Waals surface area (Å²) in [7, 11) is 3.00. The Hall–Kier alpha value is -2.31. The largest absolute Gasteiger partial charge is 0.493 e. The Kier molecular flexibility index (Phi) is 4.91. The van der Waals surface area contributed by atoms with Crippen LogP contribution in [-0.2, 0) is 16.1 Å². The number of esters is 1. The average Bonchev–Trinajstić information content (AvgIpc) is 2.35. The lowest BCUT2D eigenvalue weighted by atomic mass is 10.2. The van der Waals surface area contributed by atoms with E-state index in [2.05, 4.69) is 0 Å². The van der Waals surface area contributed by atoms with E-state index in [1.165, 1.54) is 14.2 Å². The number of methoxy groups -OCH3 is 2. The number of rotatable bonds is 6. The van der Waals surface area contributed by atoms with Gasteiger partial charge in [-0.2, -0.15) is 0 Å². The molecule has 1 rings (SSSR count). The van der Waals surface area contributed by atoms with E-state index < -0.39 is 17.4 Å². The fourth-order valence-corrected chi connectivity index (χ4v) is 1.29. The quantitative estimate of drug-likeness (QED) is 0.428. The number of hydrogen-bond donors (Lipinski definition) is 0. The second-order valence-electron chi connectivity index (χ2n) is 3.34. The van der Waals surface area contributed by atoms with E-state index in [4.69, 9.17) is 14.2 Å². The highest BCUT2D eigenvalue weighted by Crippen LogP contribution is 2.27. The van der Waals surface area contributed by atoms with Crippen molar-refractivity contribution in [1.82, 2.24) is 0 Å². The molecule has 0 aliphatic carbocycles. The lowest BCUT2D eigenvalue weighted by Crippen LogP contribution is -2.16. The van der Waals surface area contributed by atoms with Crippen molar-refractivity contribution in [1.29, 1.82) is 0 Å². The molecule has 0 spiro atoms. The van der Waals surface area contributed by atoms with Crippen LogP contribution in [0.3, 0.4) is 0 Å². The third-order valence-electron chi connectivity index (χ3n) is 2.11. The summed E-state index contributed by atoms with van der Waals surface area (Å²) in [6.07, 6.45) is 0. The normalized spacial score (nSPS) is 9.67. The lowest BCUT2D eigenvalue weighted by Gasteiger charge is -2.09. The molecule has 0 N–H and O–H groups in total. The number of ether oxygens (including phenoxy) is 3. The predicted octanol–water partition coefficient (Wildman–Crippen LogP) is 1.02. The lowest BCUT2D eigenvalue weighted by molar-refractivity contribution is -0.470. The van der Waals surface area contributed by atoms with E-state index in [0.29, 0.717) is 17.1 Å². The van der Waals surface area contributed by atoms with Crippen LogP contribution in [0.2, 0.25) is 0 Å². The number of hydrogen-bond acceptors (Lipinski definition) is 6. The maximum absolute atomic E-state index is 11.0. The maximum atomic E-state index is 11.0. The number of carbonyl (C=O) groups is 1. The Morgan fingerprint density at radius 3 is 2.50 bits per heavy atom. The summed E-state index contributed by atoms with van der Waals surface area (Å²) in [5.41, 5.74) is 0.657. The summed E-state index contributed by atoms with van der Waals surface area (Å²) >= 11 is 0. The zero-order chi connectivity index (χ0) is 13.5. The standard InChI is InChI=1S/C11H13NO6/c1-16-9-4-3-8(5-10(9)17-2)7-18-11(13)6-12(14)15/h3-5H,6-7H2,1-2H3. The highest BCUT2D eigenvalue weighted by molar-refractivity contribution is 5.70. The molecule has 0 radical (unpaired) electrons. The molecule has 0 heterocycles. The van der Waals surface area contributed by atoms with Gasteiger partial charge in [0.05, 0.1) is 14.2 Å². The molecule has 7 heteroatoms. The molecule has 0 atom stereocenters. The second kappa shape index (κ2) is 6.43. The molecule has 0 aromatic heterocycles. The van der Waals surface area contributed by atoms with E-state index in [-0.39, 0.29) is 6.61 Å². The van der Waals surface area contributed by atoms with Gasteiger partial charge in [0, 0.05) is 4.92 Å². The summed E-state index contributed by atoms with van der Waals surface area (Å²) in [4.78, 5) is 20.3. The van der Waals surface area contributed by atoms with Gasteiger partial charge in [-0.25, -0.2) is 4.79 Å². The summed E-state index contributed by atoms with van der Waals surface area (Å²) in [5, 5.41) is 10.1. The summed E-state index contributed by atoms with van der Waals surface area (Å²) < 4.78 is 14.9. The molecule has 18 heavy (non-hydrogen) atoms. The molecular weight excluding hydrogens is 242 g/mol. The molecule has 1 aromatic rings. The summed E-state index contributed by atoms with van der Waals surface area (Å²) in [6.45, 7) is -0.889. The first-order valence-corrected chi connectivity index (χ1v) is 5.05. The molecule has 0 aliphatic rings. The molecule has 0 amide bonds. The molecule has 0 bridgehead atoms. The van der Waals surface area contributed by atoms with Crippen molar-refractivity contribution in [2.45, 2.75) is 6.61 Å². The molecule has 1 aromatic carbocycles. The van der Waals surface area contributed by atoms with Crippen molar-refractivity contribution in [2.75, 3.05) is 20.8 Å². The van der Waals surface area contributed by atoms with E-state index in [0.717, 1.165) is 0 Å². The van der Waals surface area contributed by atoms with E-state index in [1.807, 2.05) is 0 Å². The number of nitro groups is 1. The van der Waals surface area contributed by atoms with Crippen LogP contribution in [0.5, 0.6) is 11.5 Å². The van der Waals surface area contributed by atoms with Crippen LogP contribution in [0, 0.1) is 10.1 Å². The van der Waals surface area contributed by atoms with Crippen molar-refractivity contribution in [3.8, 4) is 11.5 Å². The summed E-state index contributed by atoms with van der Waals surface area (Å²) in [5.74, 6) is 0.174. The Labute approximate surface area is 103 Å². The van der Waals surface area contributed by atoms with Gasteiger partial charge >= 0.3 is 5.97 Å². The van der Waals surface area contributed by atoms with Crippen LogP contribution < -0.4 is 9.47 Å². The number of carbonyl (C=O) groups excluding carboxylic acids is 1. The van der Waals surface area contributed by atoms with Gasteiger partial charge in [0.2, 0.25) is 0 Å². The Bertz CT molecular complexity index is 445. The number of nitrogens with zero attached hydrogens (tertiary/aromatic N) is 1. The molecular formula is C11H13NO6. The molecule has 0 fully saturated rings. The average molecular weight is 255 g/mol. The van der Waals surface area contributed by atoms with Gasteiger partial charge in [0.15, 0.2) is 11.5 Å². The zero-order valence-electron chi connectivity index (χ0n) is 10.0. The van der Waals surface area contributed by atoms with Crippen molar-refractivity contribution in [3.05, 3.63) is 33.9 Å². The fraction of sp³-hybridized carbons (Fsp3) is 0.364. The minimum absolute atomic E-state index is 0.0486.